The fourth-order valence-corrected chi connectivity index (χ4v) is 4.72. The van der Waals surface area contributed by atoms with Crippen LogP contribution >= 0.6 is 27.3 Å². The van der Waals surface area contributed by atoms with E-state index >= 15 is 0 Å². The Balaban J connectivity index is 1.66. The van der Waals surface area contributed by atoms with E-state index in [0.717, 1.165) is 39.2 Å². The summed E-state index contributed by atoms with van der Waals surface area (Å²) >= 11 is 5.04. The van der Waals surface area contributed by atoms with E-state index in [-0.39, 0.29) is 5.91 Å². The van der Waals surface area contributed by atoms with E-state index in [1.54, 1.807) is 23.9 Å². The van der Waals surface area contributed by atoms with Crippen molar-refractivity contribution in [3.05, 3.63) is 76.8 Å². The molecule has 2 aromatic carbocycles. The molecule has 0 radical (unpaired) electrons. The van der Waals surface area contributed by atoms with Crippen molar-refractivity contribution in [1.82, 2.24) is 14.5 Å². The minimum absolute atomic E-state index is 0.0333. The summed E-state index contributed by atoms with van der Waals surface area (Å²) in [6.07, 6.45) is 7.23. The minimum atomic E-state index is -0.0333. The molecule has 7 heteroatoms. The number of imidazole rings is 1. The van der Waals surface area contributed by atoms with Crippen molar-refractivity contribution in [3.63, 3.8) is 0 Å². The summed E-state index contributed by atoms with van der Waals surface area (Å²) < 4.78 is 4.02. The van der Waals surface area contributed by atoms with Crippen LogP contribution in [0.2, 0.25) is 0 Å². The fraction of sp³-hybridized carbons (Fsp3) is 0.227. The van der Waals surface area contributed by atoms with Gasteiger partial charge in [0.2, 0.25) is 0 Å². The van der Waals surface area contributed by atoms with Gasteiger partial charge in [-0.1, -0.05) is 52.4 Å². The molecule has 148 valence electrons. The van der Waals surface area contributed by atoms with E-state index in [4.69, 9.17) is 4.98 Å². The van der Waals surface area contributed by atoms with Crippen molar-refractivity contribution in [1.29, 1.82) is 0 Å². The zero-order chi connectivity index (χ0) is 20.2. The van der Waals surface area contributed by atoms with Crippen molar-refractivity contribution in [2.24, 2.45) is 0 Å². The molecule has 4 aromatic rings. The maximum atomic E-state index is 13.4. The number of hydrogen-bond donors (Lipinski definition) is 0. The van der Waals surface area contributed by atoms with Crippen molar-refractivity contribution >= 4 is 48.5 Å². The topological polar surface area (TPSA) is 51.0 Å². The molecule has 4 rings (SSSR count). The molecule has 0 atom stereocenters. The van der Waals surface area contributed by atoms with Crippen LogP contribution in [0, 0.1) is 0 Å². The number of rotatable bonds is 7. The van der Waals surface area contributed by atoms with Crippen LogP contribution in [0.25, 0.3) is 10.2 Å². The normalized spacial score (nSPS) is 11.1. The van der Waals surface area contributed by atoms with Gasteiger partial charge in [-0.3, -0.25) is 9.69 Å². The number of benzene rings is 2. The monoisotopic (exact) mass is 468 g/mol. The third kappa shape index (κ3) is 4.41. The first kappa shape index (κ1) is 19.8. The second-order valence-electron chi connectivity index (χ2n) is 6.74. The molecule has 2 aromatic heterocycles. The maximum absolute atomic E-state index is 13.4. The quantitative estimate of drug-likeness (QED) is 0.356. The molecule has 0 spiro atoms. The van der Waals surface area contributed by atoms with Gasteiger partial charge in [-0.05, 0) is 42.7 Å². The summed E-state index contributed by atoms with van der Waals surface area (Å²) in [5.74, 6) is -0.0333. The lowest BCUT2D eigenvalue weighted by Crippen LogP contribution is -2.32. The summed E-state index contributed by atoms with van der Waals surface area (Å²) in [6, 6.07) is 13.7. The van der Waals surface area contributed by atoms with Crippen LogP contribution in [0.1, 0.15) is 29.3 Å². The predicted molar refractivity (Wildman–Crippen MR) is 122 cm³/mol. The number of fused-ring (bicyclic) bond motifs is 1. The Kier molecular flexibility index (Phi) is 6.06. The largest absolute Gasteiger partial charge is 0.337 e. The fourth-order valence-electron chi connectivity index (χ4n) is 3.29. The molecule has 5 nitrogen and oxygen atoms in total. The first-order valence-electron chi connectivity index (χ1n) is 9.57. The van der Waals surface area contributed by atoms with Gasteiger partial charge >= 0.3 is 0 Å². The number of amides is 1. The Morgan fingerprint density at radius 1 is 1.24 bits per heavy atom. The van der Waals surface area contributed by atoms with E-state index in [1.807, 2.05) is 39.9 Å². The third-order valence-corrected chi connectivity index (χ3v) is 6.31. The number of aryl methyl sites for hydroxylation is 2. The highest BCUT2D eigenvalue weighted by Gasteiger charge is 2.22. The lowest BCUT2D eigenvalue weighted by molar-refractivity contribution is 0.0986. The summed E-state index contributed by atoms with van der Waals surface area (Å²) in [4.78, 5) is 24.1. The molecule has 0 aliphatic rings. The average Bonchev–Trinajstić information content (AvgIpc) is 3.40. The van der Waals surface area contributed by atoms with E-state index in [0.29, 0.717) is 12.1 Å². The number of nitrogens with zero attached hydrogens (tertiary/aromatic N) is 4. The number of anilines is 1. The van der Waals surface area contributed by atoms with E-state index in [2.05, 4.69) is 46.0 Å². The highest BCUT2D eigenvalue weighted by molar-refractivity contribution is 9.10. The molecule has 0 N–H and O–H groups in total. The van der Waals surface area contributed by atoms with Crippen molar-refractivity contribution < 1.29 is 4.79 Å². The molecular formula is C22H21BrN4OS. The number of halogens is 1. The van der Waals surface area contributed by atoms with Crippen LogP contribution in [0.5, 0.6) is 0 Å². The summed E-state index contributed by atoms with van der Waals surface area (Å²) in [5.41, 5.74) is 2.85. The highest BCUT2D eigenvalue weighted by Crippen LogP contribution is 2.32. The smallest absolute Gasteiger partial charge is 0.260 e. The molecule has 0 saturated heterocycles. The van der Waals surface area contributed by atoms with Gasteiger partial charge in [0.25, 0.3) is 5.91 Å². The standard InChI is InChI=1S/C22H21BrN4OS/c1-2-16-6-4-9-19-20(16)25-22(29-19)27(12-5-11-26-13-10-24-15-26)21(28)17-7-3-8-18(23)14-17/h3-4,6-10,13-15H,2,5,11-12H2,1H3. The van der Waals surface area contributed by atoms with Gasteiger partial charge in [0.05, 0.1) is 16.5 Å². The van der Waals surface area contributed by atoms with Gasteiger partial charge in [0, 0.05) is 35.5 Å². The minimum Gasteiger partial charge on any atom is -0.337 e. The molecule has 0 saturated carbocycles. The maximum Gasteiger partial charge on any atom is 0.260 e. The molecule has 1 amide bonds. The van der Waals surface area contributed by atoms with Gasteiger partial charge in [-0.25, -0.2) is 9.97 Å². The Morgan fingerprint density at radius 3 is 2.86 bits per heavy atom. The molecule has 0 fully saturated rings. The molecular weight excluding hydrogens is 448 g/mol. The second kappa shape index (κ2) is 8.88. The Morgan fingerprint density at radius 2 is 2.10 bits per heavy atom. The van der Waals surface area contributed by atoms with Crippen molar-refractivity contribution in [3.8, 4) is 0 Å². The van der Waals surface area contributed by atoms with Crippen LogP contribution in [0.15, 0.2) is 65.7 Å². The molecule has 2 heterocycles. The Hall–Kier alpha value is -2.51. The number of para-hydroxylation sites is 1. The third-order valence-electron chi connectivity index (χ3n) is 4.78. The number of thiazole rings is 1. The lowest BCUT2D eigenvalue weighted by Gasteiger charge is -2.20. The Labute approximate surface area is 182 Å². The summed E-state index contributed by atoms with van der Waals surface area (Å²) in [7, 11) is 0. The van der Waals surface area contributed by atoms with E-state index in [9.17, 15) is 4.79 Å². The van der Waals surface area contributed by atoms with E-state index < -0.39 is 0 Å². The molecule has 0 aliphatic carbocycles. The van der Waals surface area contributed by atoms with Gasteiger partial charge in [0.1, 0.15) is 0 Å². The molecule has 29 heavy (non-hydrogen) atoms. The summed E-state index contributed by atoms with van der Waals surface area (Å²) in [5, 5.41) is 0.747. The van der Waals surface area contributed by atoms with Crippen LogP contribution in [-0.2, 0) is 13.0 Å². The van der Waals surface area contributed by atoms with Crippen molar-refractivity contribution in [2.75, 3.05) is 11.4 Å². The van der Waals surface area contributed by atoms with E-state index in [1.165, 1.54) is 5.56 Å². The van der Waals surface area contributed by atoms with Gasteiger partial charge in [-0.2, -0.15) is 0 Å². The molecule has 0 unspecified atom stereocenters. The number of hydrogen-bond acceptors (Lipinski definition) is 4. The van der Waals surface area contributed by atoms with Crippen LogP contribution in [0.4, 0.5) is 5.13 Å². The highest BCUT2D eigenvalue weighted by atomic mass is 79.9. The first-order valence-corrected chi connectivity index (χ1v) is 11.2. The first-order chi connectivity index (χ1) is 14.2. The molecule has 0 bridgehead atoms. The zero-order valence-corrected chi connectivity index (χ0v) is 18.5. The second-order valence-corrected chi connectivity index (χ2v) is 8.66. The van der Waals surface area contributed by atoms with Crippen molar-refractivity contribution in [2.45, 2.75) is 26.3 Å². The van der Waals surface area contributed by atoms with Gasteiger partial charge in [-0.15, -0.1) is 0 Å². The number of aromatic nitrogens is 3. The predicted octanol–water partition coefficient (Wildman–Crippen LogP) is 5.55. The SMILES string of the molecule is CCc1cccc2sc(N(CCCn3ccnc3)C(=O)c3cccc(Br)c3)nc12. The number of carbonyl (C=O) groups is 1. The Bertz CT molecular complexity index is 1120. The van der Waals surface area contributed by atoms with Crippen LogP contribution in [-0.4, -0.2) is 27.0 Å². The summed E-state index contributed by atoms with van der Waals surface area (Å²) in [6.45, 7) is 3.52. The van der Waals surface area contributed by atoms with Gasteiger partial charge < -0.3 is 4.57 Å². The van der Waals surface area contributed by atoms with Gasteiger partial charge in [0.15, 0.2) is 5.13 Å². The zero-order valence-electron chi connectivity index (χ0n) is 16.1. The van der Waals surface area contributed by atoms with Crippen LogP contribution < -0.4 is 4.90 Å². The average molecular weight is 469 g/mol. The van der Waals surface area contributed by atoms with Crippen LogP contribution in [0.3, 0.4) is 0 Å². The number of carbonyl (C=O) groups excluding carboxylic acids is 1. The molecule has 0 aliphatic heterocycles. The lowest BCUT2D eigenvalue weighted by atomic mass is 10.1.